The molecule has 1 saturated heterocycles. The molecule has 1 saturated carbocycles. The van der Waals surface area contributed by atoms with Crippen molar-refractivity contribution in [2.45, 2.75) is 77.7 Å². The highest BCUT2D eigenvalue weighted by Crippen LogP contribution is 2.49. The number of hydrogen-bond acceptors (Lipinski definition) is 7. The molecular weight excluding hydrogens is 645 g/mol. The molecule has 2 radical (unpaired) electrons. The second-order valence-corrected chi connectivity index (χ2v) is 13.5. The van der Waals surface area contributed by atoms with Gasteiger partial charge in [0.2, 0.25) is 11.8 Å². The topological polar surface area (TPSA) is 123 Å². The van der Waals surface area contributed by atoms with Gasteiger partial charge in [-0.2, -0.15) is 5.10 Å². The summed E-state index contributed by atoms with van der Waals surface area (Å²) < 4.78 is 2.24. The maximum Gasteiger partial charge on any atom is 0.248 e. The number of likely N-dealkylation sites (tertiary alicyclic amines) is 1. The van der Waals surface area contributed by atoms with E-state index in [0.717, 1.165) is 41.5 Å². The second-order valence-electron chi connectivity index (χ2n) is 12.6. The van der Waals surface area contributed by atoms with Crippen LogP contribution >= 0.6 is 15.9 Å². The summed E-state index contributed by atoms with van der Waals surface area (Å²) in [5.41, 5.74) is 4.03. The number of ketones is 1. The van der Waals surface area contributed by atoms with Gasteiger partial charge in [-0.3, -0.25) is 19.1 Å². The average Bonchev–Trinajstić information content (AvgIpc) is 3.65. The predicted molar refractivity (Wildman–Crippen MR) is 181 cm³/mol. The number of aryl methyl sites for hydroxylation is 1. The molecule has 3 aromatic heterocycles. The molecule has 10 nitrogen and oxygen atoms in total. The highest BCUT2D eigenvalue weighted by molar-refractivity contribution is 9.10. The quantitative estimate of drug-likeness (QED) is 0.126. The first-order valence-electron chi connectivity index (χ1n) is 15.9. The molecule has 4 unspecified atom stereocenters. The van der Waals surface area contributed by atoms with Crippen molar-refractivity contribution >= 4 is 58.1 Å². The summed E-state index contributed by atoms with van der Waals surface area (Å²) in [6.45, 7) is 5.91. The minimum Gasteiger partial charge on any atom is -0.329 e. The Morgan fingerprint density at radius 1 is 1.13 bits per heavy atom. The van der Waals surface area contributed by atoms with Crippen LogP contribution in [0.1, 0.15) is 73.7 Å². The van der Waals surface area contributed by atoms with E-state index < -0.39 is 6.04 Å². The summed E-state index contributed by atoms with van der Waals surface area (Å²) in [5.74, 6) is 1.61. The number of rotatable bonds is 10. The Labute approximate surface area is 278 Å². The fourth-order valence-corrected chi connectivity index (χ4v) is 7.17. The number of carbonyl (C=O) groups is 3. The Bertz CT molecular complexity index is 1790. The summed E-state index contributed by atoms with van der Waals surface area (Å²) in [6.07, 6.45) is 8.77. The highest BCUT2D eigenvalue weighted by Gasteiger charge is 2.37. The third-order valence-electron chi connectivity index (χ3n) is 9.40. The number of carbonyl (C=O) groups excluding carboxylic acids is 3. The van der Waals surface area contributed by atoms with E-state index >= 15 is 0 Å². The van der Waals surface area contributed by atoms with E-state index in [1.807, 2.05) is 25.4 Å². The van der Waals surface area contributed by atoms with Crippen molar-refractivity contribution in [1.29, 1.82) is 0 Å². The van der Waals surface area contributed by atoms with E-state index in [2.05, 4.69) is 54.3 Å². The van der Waals surface area contributed by atoms with Crippen LogP contribution in [0.4, 0.5) is 5.82 Å². The van der Waals surface area contributed by atoms with Crippen LogP contribution in [0.2, 0.25) is 6.32 Å². The molecule has 12 heteroatoms. The number of aromatic nitrogens is 5. The summed E-state index contributed by atoms with van der Waals surface area (Å²) in [6, 6.07) is 8.78. The van der Waals surface area contributed by atoms with E-state index in [-0.39, 0.29) is 24.1 Å². The summed E-state index contributed by atoms with van der Waals surface area (Å²) >= 11 is 3.33. The van der Waals surface area contributed by atoms with Crippen molar-refractivity contribution < 1.29 is 14.4 Å². The normalized spacial score (nSPS) is 20.0. The Balaban J connectivity index is 1.35. The number of nitrogens with one attached hydrogen (secondary N) is 1. The average molecular weight is 682 g/mol. The van der Waals surface area contributed by atoms with Gasteiger partial charge in [0.05, 0.1) is 13.4 Å². The zero-order valence-electron chi connectivity index (χ0n) is 26.4. The molecule has 2 amide bonds. The molecular formula is C34H37BBrN7O3. The molecule has 1 aliphatic heterocycles. The van der Waals surface area contributed by atoms with Crippen molar-refractivity contribution in [3.8, 4) is 11.1 Å². The zero-order chi connectivity index (χ0) is 32.5. The van der Waals surface area contributed by atoms with Crippen LogP contribution in [-0.2, 0) is 16.1 Å². The number of benzene rings is 1. The van der Waals surface area contributed by atoms with Crippen molar-refractivity contribution in [1.82, 2.24) is 29.6 Å². The molecule has 2 fully saturated rings. The fourth-order valence-electron chi connectivity index (χ4n) is 6.82. The highest BCUT2D eigenvalue weighted by atomic mass is 79.9. The Kier molecular flexibility index (Phi) is 9.35. The zero-order valence-corrected chi connectivity index (χ0v) is 28.0. The van der Waals surface area contributed by atoms with Crippen molar-refractivity contribution in [2.75, 3.05) is 11.9 Å². The van der Waals surface area contributed by atoms with Gasteiger partial charge in [-0.25, -0.2) is 15.0 Å². The molecule has 0 bridgehead atoms. The van der Waals surface area contributed by atoms with E-state index in [4.69, 9.17) is 7.85 Å². The lowest BCUT2D eigenvalue weighted by atomic mass is 9.64. The molecule has 4 aromatic rings. The SMILES string of the molecule is [B]CC(C)CC1CCC1c1cc2c(cc1-c1cnc(C)nc1)c(C(C)=O)nn2CC(=O)N1CCCC1C(=O)Nc1cccc(Br)n1. The van der Waals surface area contributed by atoms with Gasteiger partial charge in [0.15, 0.2) is 5.78 Å². The monoisotopic (exact) mass is 681 g/mol. The molecule has 1 aromatic carbocycles. The molecule has 4 atom stereocenters. The van der Waals surface area contributed by atoms with Crippen LogP contribution in [0, 0.1) is 18.8 Å². The van der Waals surface area contributed by atoms with Gasteiger partial charge in [0.25, 0.3) is 0 Å². The Morgan fingerprint density at radius 3 is 2.59 bits per heavy atom. The lowest BCUT2D eigenvalue weighted by Gasteiger charge is -2.39. The Morgan fingerprint density at radius 2 is 1.91 bits per heavy atom. The lowest BCUT2D eigenvalue weighted by molar-refractivity contribution is -0.137. The van der Waals surface area contributed by atoms with E-state index in [1.165, 1.54) is 6.92 Å². The summed E-state index contributed by atoms with van der Waals surface area (Å²) in [7, 11) is 5.99. The first-order valence-corrected chi connectivity index (χ1v) is 16.7. The fraction of sp³-hybridized carbons (Fsp3) is 0.441. The first-order chi connectivity index (χ1) is 22.1. The van der Waals surface area contributed by atoms with E-state index in [9.17, 15) is 14.4 Å². The van der Waals surface area contributed by atoms with E-state index in [1.54, 1.807) is 27.8 Å². The van der Waals surface area contributed by atoms with Crippen molar-refractivity contribution in [3.05, 3.63) is 64.4 Å². The van der Waals surface area contributed by atoms with Gasteiger partial charge in [-0.1, -0.05) is 25.2 Å². The maximum atomic E-state index is 13.8. The number of halogens is 1. The number of fused-ring (bicyclic) bond motifs is 1. The van der Waals surface area contributed by atoms with Crippen LogP contribution < -0.4 is 5.32 Å². The molecule has 46 heavy (non-hydrogen) atoms. The smallest absolute Gasteiger partial charge is 0.248 e. The number of amides is 2. The number of Topliss-reactive ketones (excluding diaryl/α,β-unsaturated/α-hetero) is 1. The molecule has 0 spiro atoms. The van der Waals surface area contributed by atoms with E-state index in [0.29, 0.717) is 70.8 Å². The molecule has 6 rings (SSSR count). The van der Waals surface area contributed by atoms with Crippen molar-refractivity contribution in [3.63, 3.8) is 0 Å². The van der Waals surface area contributed by atoms with Gasteiger partial charge in [0, 0.05) is 36.8 Å². The lowest BCUT2D eigenvalue weighted by Crippen LogP contribution is -2.44. The second kappa shape index (κ2) is 13.4. The van der Waals surface area contributed by atoms with Crippen LogP contribution in [0.3, 0.4) is 0 Å². The van der Waals surface area contributed by atoms with Gasteiger partial charge in [-0.15, -0.1) is 0 Å². The number of pyridine rings is 1. The Hall–Kier alpha value is -3.93. The van der Waals surface area contributed by atoms with Gasteiger partial charge < -0.3 is 10.2 Å². The van der Waals surface area contributed by atoms with Crippen LogP contribution in [0.15, 0.2) is 47.3 Å². The molecule has 1 N–H and O–H groups in total. The predicted octanol–water partition coefficient (Wildman–Crippen LogP) is 5.90. The molecule has 1 aliphatic carbocycles. The standard InChI is InChI=1S/C34H37BBrN7O3/c1-19(15-35)12-22-9-10-24(22)26-14-29-27(13-25(26)23-16-37-21(3)38-17-23)33(20(2)44)41-43(29)18-32(45)42-11-5-6-28(42)34(46)40-31-8-4-7-30(36)39-31/h4,7-8,13-14,16-17,19,22,24,28H,5-6,9-12,15,18H2,1-3H3,(H,39,40,46). The first kappa shape index (κ1) is 32.0. The minimum atomic E-state index is -0.619. The van der Waals surface area contributed by atoms with Crippen LogP contribution in [0.5, 0.6) is 0 Å². The van der Waals surface area contributed by atoms with Crippen molar-refractivity contribution in [2.24, 2.45) is 11.8 Å². The van der Waals surface area contributed by atoms with Crippen LogP contribution in [0.25, 0.3) is 22.0 Å². The van der Waals surface area contributed by atoms with Gasteiger partial charge in [0.1, 0.15) is 34.5 Å². The van der Waals surface area contributed by atoms with Gasteiger partial charge >= 0.3 is 0 Å². The number of nitrogens with zero attached hydrogens (tertiary/aromatic N) is 6. The van der Waals surface area contributed by atoms with Gasteiger partial charge in [-0.05, 0) is 102 Å². The maximum absolute atomic E-state index is 13.8. The summed E-state index contributed by atoms with van der Waals surface area (Å²) in [5, 5.41) is 8.20. The molecule has 2 aliphatic rings. The number of anilines is 1. The number of hydrogen-bond donors (Lipinski definition) is 1. The minimum absolute atomic E-state index is 0.0899. The molecule has 236 valence electrons. The third-order valence-corrected chi connectivity index (χ3v) is 9.84. The largest absolute Gasteiger partial charge is 0.329 e. The summed E-state index contributed by atoms with van der Waals surface area (Å²) in [4.78, 5) is 54.7. The third kappa shape index (κ3) is 6.49. The molecule has 4 heterocycles. The van der Waals surface area contributed by atoms with Crippen LogP contribution in [-0.4, -0.2) is 67.7 Å².